The largest absolute Gasteiger partial charge is 0.151 e. The Bertz CT molecular complexity index is 84.1. The summed E-state index contributed by atoms with van der Waals surface area (Å²) >= 11 is 4.49. The van der Waals surface area contributed by atoms with Crippen LogP contribution < -0.4 is 0 Å². The van der Waals surface area contributed by atoms with Crippen LogP contribution in [0.5, 0.6) is 0 Å². The minimum Gasteiger partial charge on any atom is -0.151 e. The van der Waals surface area contributed by atoms with Gasteiger partial charge in [-0.05, 0) is 6.92 Å². The Hall–Kier alpha value is 1.06. The zero-order valence-corrected chi connectivity index (χ0v) is 8.84. The molecule has 1 atom stereocenters. The molecule has 48 valence electrons. The van der Waals surface area contributed by atoms with E-state index in [0.29, 0.717) is 6.54 Å². The quantitative estimate of drug-likeness (QED) is 0.441. The minimum absolute atomic E-state index is 0.0695. The number of rotatable bonds is 3. The van der Waals surface area contributed by atoms with Crippen molar-refractivity contribution >= 4 is 45.2 Å². The lowest BCUT2D eigenvalue weighted by atomic mass is 10.2. The molecule has 0 aromatic carbocycles. The molecule has 0 aromatic heterocycles. The van der Waals surface area contributed by atoms with Crippen molar-refractivity contribution < 1.29 is 0 Å². The van der Waals surface area contributed by atoms with Crippen molar-refractivity contribution in [3.63, 3.8) is 0 Å². The van der Waals surface area contributed by atoms with Crippen LogP contribution in [0.4, 0.5) is 0 Å². The van der Waals surface area contributed by atoms with E-state index >= 15 is 0 Å². The standard InChI is InChI=1S/C4H7I2NO/c1-4(6,2-5)3-7-8/h2-3H2,1H3. The fourth-order valence-electron chi connectivity index (χ4n) is 0.177. The summed E-state index contributed by atoms with van der Waals surface area (Å²) in [5.41, 5.74) is 0. The Morgan fingerprint density at radius 2 is 2.25 bits per heavy atom. The molecule has 0 aliphatic rings. The van der Waals surface area contributed by atoms with Crippen LogP contribution in [0.3, 0.4) is 0 Å². The second-order valence-electron chi connectivity index (χ2n) is 1.83. The highest BCUT2D eigenvalue weighted by Gasteiger charge is 2.17. The third-order valence-corrected chi connectivity index (χ3v) is 4.54. The number of hydrogen-bond acceptors (Lipinski definition) is 2. The van der Waals surface area contributed by atoms with Crippen molar-refractivity contribution in [2.75, 3.05) is 11.0 Å². The molecule has 0 fully saturated rings. The van der Waals surface area contributed by atoms with Crippen molar-refractivity contribution in [1.82, 2.24) is 0 Å². The predicted octanol–water partition coefficient (Wildman–Crippen LogP) is 2.38. The van der Waals surface area contributed by atoms with Gasteiger partial charge < -0.3 is 0 Å². The lowest BCUT2D eigenvalue weighted by Crippen LogP contribution is -2.20. The Morgan fingerprint density at radius 1 is 1.75 bits per heavy atom. The van der Waals surface area contributed by atoms with E-state index in [2.05, 4.69) is 50.4 Å². The van der Waals surface area contributed by atoms with E-state index in [9.17, 15) is 4.91 Å². The first-order chi connectivity index (χ1) is 3.62. The van der Waals surface area contributed by atoms with E-state index in [1.807, 2.05) is 6.92 Å². The van der Waals surface area contributed by atoms with E-state index in [1.54, 1.807) is 0 Å². The monoisotopic (exact) mass is 339 g/mol. The molecular formula is C4H7I2NO. The molecule has 0 radical (unpaired) electrons. The van der Waals surface area contributed by atoms with E-state index in [1.165, 1.54) is 0 Å². The molecule has 0 aliphatic heterocycles. The van der Waals surface area contributed by atoms with Crippen LogP contribution in [-0.4, -0.2) is 14.4 Å². The highest BCUT2D eigenvalue weighted by molar-refractivity contribution is 14.1. The Labute approximate surface area is 76.1 Å². The van der Waals surface area contributed by atoms with Gasteiger partial charge in [0, 0.05) is 4.43 Å². The lowest BCUT2D eigenvalue weighted by molar-refractivity contribution is 0.777. The average Bonchev–Trinajstić information content (AvgIpc) is 1.67. The Kier molecular flexibility index (Phi) is 4.50. The van der Waals surface area contributed by atoms with Gasteiger partial charge in [-0.1, -0.05) is 50.4 Å². The zero-order valence-electron chi connectivity index (χ0n) is 4.53. The molecule has 8 heavy (non-hydrogen) atoms. The molecule has 0 bridgehead atoms. The SMILES string of the molecule is CC(I)(CI)CN=O. The number of halogens is 2. The smallest absolute Gasteiger partial charge is 0.0961 e. The summed E-state index contributed by atoms with van der Waals surface area (Å²) in [6.07, 6.45) is 0. The van der Waals surface area contributed by atoms with Gasteiger partial charge in [0.15, 0.2) is 0 Å². The summed E-state index contributed by atoms with van der Waals surface area (Å²) in [6.45, 7) is 2.43. The molecule has 1 unspecified atom stereocenters. The summed E-state index contributed by atoms with van der Waals surface area (Å²) in [5, 5.41) is 2.82. The first-order valence-corrected chi connectivity index (χ1v) is 4.77. The third kappa shape index (κ3) is 3.99. The Balaban J connectivity index is 3.53. The number of hydrogen-bond donors (Lipinski definition) is 0. The van der Waals surface area contributed by atoms with Crippen LogP contribution in [0.2, 0.25) is 0 Å². The molecule has 0 amide bonds. The molecule has 0 aromatic rings. The summed E-state index contributed by atoms with van der Waals surface area (Å²) in [7, 11) is 0. The number of alkyl halides is 2. The first-order valence-electron chi connectivity index (χ1n) is 2.16. The van der Waals surface area contributed by atoms with Crippen molar-refractivity contribution in [3.05, 3.63) is 4.91 Å². The van der Waals surface area contributed by atoms with E-state index in [-0.39, 0.29) is 3.42 Å². The summed E-state index contributed by atoms with van der Waals surface area (Å²) in [4.78, 5) is 9.72. The van der Waals surface area contributed by atoms with Gasteiger partial charge >= 0.3 is 0 Å². The summed E-state index contributed by atoms with van der Waals surface area (Å²) < 4.78 is 1.04. The molecule has 0 heterocycles. The molecule has 4 heteroatoms. The van der Waals surface area contributed by atoms with Crippen LogP contribution in [0.1, 0.15) is 6.92 Å². The molecule has 0 saturated carbocycles. The molecular weight excluding hydrogens is 332 g/mol. The number of nitrogens with zero attached hydrogens (tertiary/aromatic N) is 1. The molecule has 2 nitrogen and oxygen atoms in total. The highest BCUT2D eigenvalue weighted by atomic mass is 127. The van der Waals surface area contributed by atoms with Gasteiger partial charge in [-0.15, -0.1) is 0 Å². The lowest BCUT2D eigenvalue weighted by Gasteiger charge is -2.12. The molecule has 0 saturated heterocycles. The van der Waals surface area contributed by atoms with Gasteiger partial charge in [0.1, 0.15) is 0 Å². The van der Waals surface area contributed by atoms with Gasteiger partial charge in [0.05, 0.1) is 9.97 Å². The normalized spacial score (nSPS) is 17.4. The molecule has 0 rings (SSSR count). The van der Waals surface area contributed by atoms with Crippen LogP contribution in [0.15, 0.2) is 5.18 Å². The van der Waals surface area contributed by atoms with Gasteiger partial charge in [-0.25, -0.2) is 0 Å². The maximum absolute atomic E-state index is 9.72. The van der Waals surface area contributed by atoms with Gasteiger partial charge in [-0.2, -0.15) is 4.91 Å². The first kappa shape index (κ1) is 9.06. The van der Waals surface area contributed by atoms with Gasteiger partial charge in [0.2, 0.25) is 0 Å². The maximum atomic E-state index is 9.72. The van der Waals surface area contributed by atoms with Crippen molar-refractivity contribution in [2.24, 2.45) is 5.18 Å². The van der Waals surface area contributed by atoms with Gasteiger partial charge in [0.25, 0.3) is 0 Å². The van der Waals surface area contributed by atoms with E-state index in [4.69, 9.17) is 0 Å². The van der Waals surface area contributed by atoms with E-state index in [0.717, 1.165) is 4.43 Å². The average molecular weight is 339 g/mol. The second kappa shape index (κ2) is 3.97. The molecule has 0 spiro atoms. The third-order valence-electron chi connectivity index (χ3n) is 0.673. The Morgan fingerprint density at radius 3 is 2.38 bits per heavy atom. The van der Waals surface area contributed by atoms with Crippen LogP contribution in [0, 0.1) is 4.91 Å². The van der Waals surface area contributed by atoms with E-state index < -0.39 is 0 Å². The second-order valence-corrected chi connectivity index (χ2v) is 5.20. The number of nitroso groups, excluding NO2 is 1. The fraction of sp³-hybridized carbons (Fsp3) is 1.00. The topological polar surface area (TPSA) is 29.4 Å². The van der Waals surface area contributed by atoms with Crippen LogP contribution in [0.25, 0.3) is 0 Å². The fourth-order valence-corrected chi connectivity index (χ4v) is 0.557. The molecule has 0 aliphatic carbocycles. The summed E-state index contributed by atoms with van der Waals surface area (Å²) in [6, 6.07) is 0. The van der Waals surface area contributed by atoms with Crippen LogP contribution in [-0.2, 0) is 0 Å². The highest BCUT2D eigenvalue weighted by Crippen LogP contribution is 2.20. The maximum Gasteiger partial charge on any atom is 0.0961 e. The van der Waals surface area contributed by atoms with Gasteiger partial charge in [-0.3, -0.25) is 0 Å². The minimum atomic E-state index is 0.0695. The van der Waals surface area contributed by atoms with Crippen molar-refractivity contribution in [2.45, 2.75) is 10.3 Å². The predicted molar refractivity (Wildman–Crippen MR) is 52.0 cm³/mol. The molecule has 0 N–H and O–H groups in total. The van der Waals surface area contributed by atoms with Crippen molar-refractivity contribution in [3.8, 4) is 0 Å². The zero-order chi connectivity index (χ0) is 6.62. The van der Waals surface area contributed by atoms with Crippen molar-refractivity contribution in [1.29, 1.82) is 0 Å². The summed E-state index contributed by atoms with van der Waals surface area (Å²) in [5.74, 6) is 0. The van der Waals surface area contributed by atoms with Crippen LogP contribution >= 0.6 is 45.2 Å².